The third-order valence-corrected chi connectivity index (χ3v) is 10.9. The van der Waals surface area contributed by atoms with Gasteiger partial charge in [0, 0.05) is 54.7 Å². The number of aromatic nitrogens is 3. The van der Waals surface area contributed by atoms with Gasteiger partial charge in [-0.3, -0.25) is 0 Å². The van der Waals surface area contributed by atoms with Gasteiger partial charge in [-0.2, -0.15) is 0 Å². The van der Waals surface area contributed by atoms with E-state index >= 15 is 0 Å². The number of rotatable bonds is 6. The lowest BCUT2D eigenvalue weighted by Gasteiger charge is -2.16. The number of hydrogen-bond donors (Lipinski definition) is 0. The lowest BCUT2D eigenvalue weighted by molar-refractivity contribution is 0.669. The zero-order valence-electron chi connectivity index (χ0n) is 30.8. The molecule has 11 aromatic rings. The van der Waals surface area contributed by atoms with E-state index in [1.807, 2.05) is 42.5 Å². The highest BCUT2D eigenvalue weighted by Gasteiger charge is 2.22. The molecule has 8 aromatic carbocycles. The van der Waals surface area contributed by atoms with Crippen molar-refractivity contribution in [2.45, 2.75) is 0 Å². The van der Waals surface area contributed by atoms with Gasteiger partial charge in [0.2, 0.25) is 0 Å². The van der Waals surface area contributed by atoms with Crippen molar-refractivity contribution in [3.8, 4) is 67.4 Å². The standard InChI is InChI=1S/C53H33N3O/c1-4-14-34(15-5-1)35-24-28-38(29-25-35)49-50-41-20-10-12-22-44(41)54-52(43(50)32-48-51(49)42-21-11-13-23-47(42)57-48)39-30-26-37(27-31-39)46-33-45(36-16-6-2-7-17-36)55-53(56-46)40-18-8-3-9-19-40/h1-33H. The molecule has 3 aromatic heterocycles. The van der Waals surface area contributed by atoms with Crippen molar-refractivity contribution in [1.29, 1.82) is 0 Å². The van der Waals surface area contributed by atoms with Crippen LogP contribution in [-0.2, 0) is 0 Å². The van der Waals surface area contributed by atoms with Gasteiger partial charge in [0.1, 0.15) is 11.2 Å². The van der Waals surface area contributed by atoms with Crippen LogP contribution in [0.3, 0.4) is 0 Å². The van der Waals surface area contributed by atoms with Crippen molar-refractivity contribution in [2.75, 3.05) is 0 Å². The van der Waals surface area contributed by atoms with Gasteiger partial charge < -0.3 is 4.42 Å². The largest absolute Gasteiger partial charge is 0.456 e. The molecule has 0 spiro atoms. The molecule has 0 unspecified atom stereocenters. The summed E-state index contributed by atoms with van der Waals surface area (Å²) in [7, 11) is 0. The van der Waals surface area contributed by atoms with E-state index in [2.05, 4.69) is 158 Å². The maximum Gasteiger partial charge on any atom is 0.160 e. The van der Waals surface area contributed by atoms with E-state index in [1.165, 1.54) is 11.1 Å². The van der Waals surface area contributed by atoms with E-state index in [4.69, 9.17) is 19.4 Å². The number of nitrogens with zero attached hydrogens (tertiary/aromatic N) is 3. The predicted octanol–water partition coefficient (Wildman–Crippen LogP) is 14.1. The number of pyridine rings is 1. The fourth-order valence-electron chi connectivity index (χ4n) is 8.15. The molecule has 11 rings (SSSR count). The monoisotopic (exact) mass is 727 g/mol. The maximum absolute atomic E-state index is 6.65. The number of para-hydroxylation sites is 2. The molecular formula is C53H33N3O. The first-order chi connectivity index (χ1) is 28.2. The molecule has 266 valence electrons. The van der Waals surface area contributed by atoms with Crippen molar-refractivity contribution in [3.63, 3.8) is 0 Å². The first-order valence-corrected chi connectivity index (χ1v) is 19.2. The Morgan fingerprint density at radius 2 is 0.825 bits per heavy atom. The lowest BCUT2D eigenvalue weighted by atomic mass is 9.89. The first-order valence-electron chi connectivity index (χ1n) is 19.2. The van der Waals surface area contributed by atoms with Crippen LogP contribution in [-0.4, -0.2) is 15.0 Å². The van der Waals surface area contributed by atoms with Gasteiger partial charge in [-0.1, -0.05) is 176 Å². The minimum Gasteiger partial charge on any atom is -0.456 e. The number of fused-ring (bicyclic) bond motifs is 6. The Morgan fingerprint density at radius 1 is 0.316 bits per heavy atom. The van der Waals surface area contributed by atoms with Gasteiger partial charge in [-0.05, 0) is 41.0 Å². The zero-order valence-corrected chi connectivity index (χ0v) is 30.8. The van der Waals surface area contributed by atoms with Gasteiger partial charge >= 0.3 is 0 Å². The van der Waals surface area contributed by atoms with Gasteiger partial charge in [-0.25, -0.2) is 15.0 Å². The van der Waals surface area contributed by atoms with Crippen molar-refractivity contribution in [3.05, 3.63) is 200 Å². The number of hydrogen-bond acceptors (Lipinski definition) is 4. The quantitative estimate of drug-likeness (QED) is 0.160. The molecule has 4 heteroatoms. The fraction of sp³-hybridized carbons (Fsp3) is 0. The smallest absolute Gasteiger partial charge is 0.160 e. The summed E-state index contributed by atoms with van der Waals surface area (Å²) >= 11 is 0. The molecule has 0 saturated carbocycles. The van der Waals surface area contributed by atoms with Gasteiger partial charge in [0.05, 0.1) is 22.6 Å². The summed E-state index contributed by atoms with van der Waals surface area (Å²) in [6.07, 6.45) is 0. The molecule has 57 heavy (non-hydrogen) atoms. The summed E-state index contributed by atoms with van der Waals surface area (Å²) in [6, 6.07) is 69.6. The fourth-order valence-corrected chi connectivity index (χ4v) is 8.15. The Hall–Kier alpha value is -7.69. The molecule has 0 fully saturated rings. The predicted molar refractivity (Wildman–Crippen MR) is 235 cm³/mol. The number of furan rings is 1. The van der Waals surface area contributed by atoms with Crippen LogP contribution in [0.1, 0.15) is 0 Å². The van der Waals surface area contributed by atoms with Crippen LogP contribution in [0.5, 0.6) is 0 Å². The average Bonchev–Trinajstić information content (AvgIpc) is 3.67. The zero-order chi connectivity index (χ0) is 37.7. The second-order valence-corrected chi connectivity index (χ2v) is 14.3. The van der Waals surface area contributed by atoms with Crippen LogP contribution in [0.25, 0.3) is 111 Å². The minimum atomic E-state index is 0.692. The Bertz CT molecular complexity index is 3190. The third-order valence-electron chi connectivity index (χ3n) is 10.9. The van der Waals surface area contributed by atoms with E-state index in [0.29, 0.717) is 5.82 Å². The SMILES string of the molecule is c1ccc(-c2ccc(-c3c4c(cc5c(-c6ccc(-c7cc(-c8ccccc8)nc(-c8ccccc8)n7)cc6)nc6ccccc6c35)oc3ccccc34)cc2)cc1. The molecule has 0 aliphatic carbocycles. The molecule has 3 heterocycles. The molecule has 0 radical (unpaired) electrons. The van der Waals surface area contributed by atoms with Crippen LogP contribution in [0.15, 0.2) is 205 Å². The van der Waals surface area contributed by atoms with Crippen molar-refractivity contribution in [1.82, 2.24) is 15.0 Å². The molecule has 0 bridgehead atoms. The van der Waals surface area contributed by atoms with Crippen LogP contribution in [0.2, 0.25) is 0 Å². The van der Waals surface area contributed by atoms with Gasteiger partial charge in [0.15, 0.2) is 5.82 Å². The van der Waals surface area contributed by atoms with Crippen molar-refractivity contribution in [2.24, 2.45) is 0 Å². The van der Waals surface area contributed by atoms with Crippen LogP contribution < -0.4 is 0 Å². The summed E-state index contributed by atoms with van der Waals surface area (Å²) in [5.74, 6) is 0.692. The Kier molecular flexibility index (Phi) is 7.78. The molecule has 0 aliphatic rings. The Morgan fingerprint density at radius 3 is 1.53 bits per heavy atom. The Balaban J connectivity index is 1.12. The minimum absolute atomic E-state index is 0.692. The van der Waals surface area contributed by atoms with E-state index < -0.39 is 0 Å². The van der Waals surface area contributed by atoms with Crippen LogP contribution in [0, 0.1) is 0 Å². The van der Waals surface area contributed by atoms with Crippen molar-refractivity contribution < 1.29 is 4.42 Å². The highest BCUT2D eigenvalue weighted by atomic mass is 16.3. The molecule has 0 atom stereocenters. The summed E-state index contributed by atoms with van der Waals surface area (Å²) in [4.78, 5) is 15.4. The van der Waals surface area contributed by atoms with Crippen LogP contribution in [0.4, 0.5) is 0 Å². The van der Waals surface area contributed by atoms with Crippen LogP contribution >= 0.6 is 0 Å². The van der Waals surface area contributed by atoms with Crippen molar-refractivity contribution >= 4 is 43.6 Å². The molecular weight excluding hydrogens is 695 g/mol. The van der Waals surface area contributed by atoms with Gasteiger partial charge in [-0.15, -0.1) is 0 Å². The Labute approximate surface area is 329 Å². The summed E-state index contributed by atoms with van der Waals surface area (Å²) in [5, 5.41) is 5.50. The normalized spacial score (nSPS) is 11.5. The first kappa shape index (κ1) is 32.7. The summed E-state index contributed by atoms with van der Waals surface area (Å²) in [5.41, 5.74) is 13.9. The summed E-state index contributed by atoms with van der Waals surface area (Å²) < 4.78 is 6.65. The molecule has 0 amide bonds. The maximum atomic E-state index is 6.65. The second kappa shape index (κ2) is 13.6. The summed E-state index contributed by atoms with van der Waals surface area (Å²) in [6.45, 7) is 0. The van der Waals surface area contributed by atoms with E-state index in [-0.39, 0.29) is 0 Å². The molecule has 4 nitrogen and oxygen atoms in total. The molecule has 0 aliphatic heterocycles. The topological polar surface area (TPSA) is 51.8 Å². The number of benzene rings is 8. The average molecular weight is 728 g/mol. The lowest BCUT2D eigenvalue weighted by Crippen LogP contribution is -1.96. The van der Waals surface area contributed by atoms with E-state index in [1.54, 1.807) is 0 Å². The van der Waals surface area contributed by atoms with Gasteiger partial charge in [0.25, 0.3) is 0 Å². The second-order valence-electron chi connectivity index (χ2n) is 14.3. The highest BCUT2D eigenvalue weighted by molar-refractivity contribution is 6.27. The highest BCUT2D eigenvalue weighted by Crippen LogP contribution is 2.46. The third kappa shape index (κ3) is 5.74. The van der Waals surface area contributed by atoms with E-state index in [9.17, 15) is 0 Å². The molecule has 0 N–H and O–H groups in total. The van der Waals surface area contributed by atoms with E-state index in [0.717, 1.165) is 94.1 Å². The molecule has 0 saturated heterocycles.